The molecule has 34 heavy (non-hydrogen) atoms. The van der Waals surface area contributed by atoms with Gasteiger partial charge in [0.25, 0.3) is 10.0 Å². The summed E-state index contributed by atoms with van der Waals surface area (Å²) >= 11 is 3.32. The van der Waals surface area contributed by atoms with Gasteiger partial charge in [-0.25, -0.2) is 13.4 Å². The summed E-state index contributed by atoms with van der Waals surface area (Å²) in [5.41, 5.74) is 2.01. The molecule has 0 amide bonds. The first kappa shape index (κ1) is 24.2. The van der Waals surface area contributed by atoms with Crippen molar-refractivity contribution < 1.29 is 17.9 Å². The van der Waals surface area contributed by atoms with Gasteiger partial charge in [-0.3, -0.25) is 4.72 Å². The van der Waals surface area contributed by atoms with Crippen molar-refractivity contribution in [2.45, 2.75) is 18.7 Å². The second kappa shape index (κ2) is 10.6. The lowest BCUT2D eigenvalue weighted by Gasteiger charge is -2.28. The Morgan fingerprint density at radius 3 is 2.47 bits per heavy atom. The largest absolute Gasteiger partial charge is 0.492 e. The number of nitrogens with one attached hydrogen (secondary N) is 2. The number of sulfonamides is 1. The Kier molecular flexibility index (Phi) is 7.54. The molecule has 1 fully saturated rings. The molecular weight excluding hydrogens is 522 g/mol. The second-order valence-corrected chi connectivity index (χ2v) is 10.2. The van der Waals surface area contributed by atoms with Gasteiger partial charge < -0.3 is 19.7 Å². The number of hydrogen-bond acceptors (Lipinski definition) is 8. The first-order chi connectivity index (χ1) is 16.3. The van der Waals surface area contributed by atoms with Crippen LogP contribution in [0, 0.1) is 6.92 Å². The molecule has 0 atom stereocenters. The van der Waals surface area contributed by atoms with Crippen molar-refractivity contribution in [1.29, 1.82) is 0 Å². The van der Waals surface area contributed by atoms with E-state index in [1.54, 1.807) is 43.3 Å². The van der Waals surface area contributed by atoms with Crippen molar-refractivity contribution in [2.24, 2.45) is 0 Å². The third-order valence-corrected chi connectivity index (χ3v) is 6.96. The topological polar surface area (TPSA) is 106 Å². The van der Waals surface area contributed by atoms with E-state index in [9.17, 15) is 8.42 Å². The summed E-state index contributed by atoms with van der Waals surface area (Å²) < 4.78 is 40.1. The van der Waals surface area contributed by atoms with Crippen LogP contribution in [0.1, 0.15) is 12.6 Å². The van der Waals surface area contributed by atoms with Gasteiger partial charge in [0, 0.05) is 40.7 Å². The maximum atomic E-state index is 13.0. The van der Waals surface area contributed by atoms with Gasteiger partial charge in [0.05, 0.1) is 19.8 Å². The molecule has 0 bridgehead atoms. The van der Waals surface area contributed by atoms with Gasteiger partial charge in [-0.2, -0.15) is 4.98 Å². The molecule has 0 unspecified atom stereocenters. The smallest absolute Gasteiger partial charge is 0.265 e. The Hall–Kier alpha value is -2.89. The Labute approximate surface area is 207 Å². The Bertz CT molecular complexity index is 1250. The predicted octanol–water partition coefficient (Wildman–Crippen LogP) is 4.33. The summed E-state index contributed by atoms with van der Waals surface area (Å²) in [6.07, 6.45) is 0. The van der Waals surface area contributed by atoms with Crippen LogP contribution in [0.2, 0.25) is 0 Å². The minimum absolute atomic E-state index is 0.0646. The van der Waals surface area contributed by atoms with E-state index >= 15 is 0 Å². The lowest BCUT2D eigenvalue weighted by atomic mass is 10.3. The molecule has 180 valence electrons. The van der Waals surface area contributed by atoms with Crippen LogP contribution in [0.3, 0.4) is 0 Å². The fourth-order valence-electron chi connectivity index (χ4n) is 3.49. The lowest BCUT2D eigenvalue weighted by Crippen LogP contribution is -2.36. The van der Waals surface area contributed by atoms with E-state index in [1.807, 2.05) is 13.0 Å². The van der Waals surface area contributed by atoms with Crippen molar-refractivity contribution in [1.82, 2.24) is 9.97 Å². The van der Waals surface area contributed by atoms with Gasteiger partial charge in [-0.1, -0.05) is 15.9 Å². The van der Waals surface area contributed by atoms with Crippen LogP contribution in [-0.4, -0.2) is 51.3 Å². The number of ether oxygens (including phenoxy) is 2. The van der Waals surface area contributed by atoms with E-state index in [4.69, 9.17) is 9.47 Å². The molecule has 0 radical (unpaired) electrons. The third-order valence-electron chi connectivity index (χ3n) is 5.06. The van der Waals surface area contributed by atoms with E-state index in [2.05, 4.69) is 40.8 Å². The Morgan fingerprint density at radius 1 is 1.06 bits per heavy atom. The molecule has 0 saturated carbocycles. The minimum Gasteiger partial charge on any atom is -0.492 e. The molecule has 1 aliphatic rings. The van der Waals surface area contributed by atoms with Crippen molar-refractivity contribution in [3.63, 3.8) is 0 Å². The number of aryl methyl sites for hydroxylation is 1. The fraction of sp³-hybridized carbons (Fsp3) is 0.304. The summed E-state index contributed by atoms with van der Waals surface area (Å²) in [5, 5.41) is 3.20. The third kappa shape index (κ3) is 5.96. The van der Waals surface area contributed by atoms with Crippen molar-refractivity contribution in [3.8, 4) is 5.75 Å². The highest BCUT2D eigenvalue weighted by molar-refractivity contribution is 9.10. The number of rotatable bonds is 8. The molecule has 4 rings (SSSR count). The van der Waals surface area contributed by atoms with Gasteiger partial charge in [0.2, 0.25) is 5.95 Å². The number of benzene rings is 2. The summed E-state index contributed by atoms with van der Waals surface area (Å²) in [6.45, 7) is 7.01. The van der Waals surface area contributed by atoms with E-state index in [0.717, 1.165) is 30.3 Å². The standard InChI is InChI=1S/C23H26BrN5O4S/c1-3-33-20-9-4-17(24)15-21(20)34(30,31)28-19-7-5-18(6-8-19)26-23-25-16(2)14-22(27-23)29-10-12-32-13-11-29/h4-9,14-15,28H,3,10-13H2,1-2H3,(H,25,26,27). The normalized spacial score (nSPS) is 14.0. The quantitative estimate of drug-likeness (QED) is 0.429. The van der Waals surface area contributed by atoms with Gasteiger partial charge >= 0.3 is 0 Å². The summed E-state index contributed by atoms with van der Waals surface area (Å²) in [7, 11) is -3.85. The van der Waals surface area contributed by atoms with Crippen LogP contribution in [0.5, 0.6) is 5.75 Å². The maximum absolute atomic E-state index is 13.0. The maximum Gasteiger partial charge on any atom is 0.265 e. The number of aromatic nitrogens is 2. The monoisotopic (exact) mass is 547 g/mol. The average Bonchev–Trinajstić information content (AvgIpc) is 2.82. The molecule has 2 aromatic carbocycles. The summed E-state index contributed by atoms with van der Waals surface area (Å²) in [4.78, 5) is 11.3. The van der Waals surface area contributed by atoms with E-state index < -0.39 is 10.0 Å². The van der Waals surface area contributed by atoms with E-state index in [0.29, 0.717) is 41.7 Å². The molecular formula is C23H26BrN5O4S. The van der Waals surface area contributed by atoms with Crippen LogP contribution in [0.25, 0.3) is 0 Å². The van der Waals surface area contributed by atoms with Crippen molar-refractivity contribution in [3.05, 3.63) is 58.7 Å². The van der Waals surface area contributed by atoms with Crippen LogP contribution in [-0.2, 0) is 14.8 Å². The number of halogens is 1. The highest BCUT2D eigenvalue weighted by Gasteiger charge is 2.20. The number of morpholine rings is 1. The van der Waals surface area contributed by atoms with E-state index in [-0.39, 0.29) is 4.90 Å². The summed E-state index contributed by atoms with van der Waals surface area (Å²) in [6, 6.07) is 13.7. The van der Waals surface area contributed by atoms with Gasteiger partial charge in [0.15, 0.2) is 0 Å². The first-order valence-electron chi connectivity index (χ1n) is 10.8. The Balaban J connectivity index is 1.49. The molecule has 3 aromatic rings. The van der Waals surface area contributed by atoms with Gasteiger partial charge in [0.1, 0.15) is 16.5 Å². The van der Waals surface area contributed by atoms with Gasteiger partial charge in [-0.05, 0) is 56.3 Å². The highest BCUT2D eigenvalue weighted by Crippen LogP contribution is 2.30. The molecule has 0 aliphatic carbocycles. The fourth-order valence-corrected chi connectivity index (χ4v) is 5.23. The zero-order chi connectivity index (χ0) is 24.1. The predicted molar refractivity (Wildman–Crippen MR) is 136 cm³/mol. The lowest BCUT2D eigenvalue weighted by molar-refractivity contribution is 0.122. The molecule has 11 heteroatoms. The van der Waals surface area contributed by atoms with Crippen molar-refractivity contribution in [2.75, 3.05) is 47.8 Å². The highest BCUT2D eigenvalue weighted by atomic mass is 79.9. The molecule has 1 saturated heterocycles. The molecule has 1 aromatic heterocycles. The molecule has 0 spiro atoms. The number of hydrogen-bond donors (Lipinski definition) is 2. The first-order valence-corrected chi connectivity index (χ1v) is 13.1. The van der Waals surface area contributed by atoms with Crippen LogP contribution < -0.4 is 19.7 Å². The van der Waals surface area contributed by atoms with Crippen molar-refractivity contribution >= 4 is 49.1 Å². The van der Waals surface area contributed by atoms with Crippen LogP contribution >= 0.6 is 15.9 Å². The molecule has 1 aliphatic heterocycles. The zero-order valence-electron chi connectivity index (χ0n) is 18.9. The minimum atomic E-state index is -3.85. The SMILES string of the molecule is CCOc1ccc(Br)cc1S(=O)(=O)Nc1ccc(Nc2nc(C)cc(N3CCOCC3)n2)cc1. The Morgan fingerprint density at radius 2 is 1.76 bits per heavy atom. The number of nitrogens with zero attached hydrogens (tertiary/aromatic N) is 3. The van der Waals surface area contributed by atoms with Crippen LogP contribution in [0.4, 0.5) is 23.1 Å². The average molecular weight is 548 g/mol. The van der Waals surface area contributed by atoms with Crippen LogP contribution in [0.15, 0.2) is 57.9 Å². The summed E-state index contributed by atoms with van der Waals surface area (Å²) in [5.74, 6) is 1.62. The second-order valence-electron chi connectivity index (χ2n) is 7.62. The molecule has 2 N–H and O–H groups in total. The molecule has 2 heterocycles. The van der Waals surface area contributed by atoms with E-state index in [1.165, 1.54) is 6.07 Å². The number of anilines is 4. The van der Waals surface area contributed by atoms with Gasteiger partial charge in [-0.15, -0.1) is 0 Å². The molecule has 9 nitrogen and oxygen atoms in total. The zero-order valence-corrected chi connectivity index (χ0v) is 21.3.